The minimum atomic E-state index is -4.32. The first-order chi connectivity index (χ1) is 7.38. The van der Waals surface area contributed by atoms with Gasteiger partial charge in [0, 0.05) is 27.7 Å². The van der Waals surface area contributed by atoms with Crippen molar-refractivity contribution in [2.75, 3.05) is 0 Å². The molecule has 0 N–H and O–H groups in total. The average Bonchev–Trinajstić information content (AvgIpc) is 2.44. The van der Waals surface area contributed by atoms with Gasteiger partial charge in [-0.25, -0.2) is 4.98 Å². The van der Waals surface area contributed by atoms with Gasteiger partial charge < -0.3 is 4.40 Å². The summed E-state index contributed by atoms with van der Waals surface area (Å²) in [7, 11) is 0. The lowest BCUT2D eigenvalue weighted by Crippen LogP contribution is -2.01. The third kappa shape index (κ3) is 2.40. The summed E-state index contributed by atoms with van der Waals surface area (Å²) in [5.41, 5.74) is -3.84. The second-order valence-corrected chi connectivity index (χ2v) is 5.39. The molecule has 0 aromatic carbocycles. The Kier molecular flexibility index (Phi) is 3.28. The number of thioether (sulfide) groups is 1. The third-order valence-corrected chi connectivity index (χ3v) is 4.09. The Morgan fingerprint density at radius 1 is 1.44 bits per heavy atom. The van der Waals surface area contributed by atoms with E-state index in [2.05, 4.69) is 4.98 Å². The van der Waals surface area contributed by atoms with E-state index in [-0.39, 0.29) is 21.9 Å². The van der Waals surface area contributed by atoms with Gasteiger partial charge in [-0.05, 0) is 28.7 Å². The summed E-state index contributed by atoms with van der Waals surface area (Å²) in [5, 5.41) is 0.293. The van der Waals surface area contributed by atoms with Gasteiger partial charge in [0.05, 0.1) is 5.52 Å². The number of hydrogen-bond donors (Lipinski definition) is 0. The molecule has 0 aliphatic heterocycles. The fourth-order valence-corrected chi connectivity index (χ4v) is 2.94. The lowest BCUT2D eigenvalue weighted by molar-refractivity contribution is -0.0330. The molecule has 2 nitrogen and oxygen atoms in total. The van der Waals surface area contributed by atoms with Crippen LogP contribution in [0.1, 0.15) is 0 Å². The van der Waals surface area contributed by atoms with Crippen molar-refractivity contribution in [2.45, 2.75) is 10.5 Å². The van der Waals surface area contributed by atoms with Crippen molar-refractivity contribution >= 4 is 51.5 Å². The van der Waals surface area contributed by atoms with Crippen molar-refractivity contribution < 1.29 is 13.2 Å². The summed E-state index contributed by atoms with van der Waals surface area (Å²) in [5.74, 6) is 0. The minimum absolute atomic E-state index is 0.104. The summed E-state index contributed by atoms with van der Waals surface area (Å²) < 4.78 is 38.9. The van der Waals surface area contributed by atoms with E-state index in [1.807, 2.05) is 22.6 Å². The number of aromatic nitrogens is 2. The van der Waals surface area contributed by atoms with E-state index in [4.69, 9.17) is 11.6 Å². The van der Waals surface area contributed by atoms with Gasteiger partial charge >= 0.3 is 5.51 Å². The number of fused-ring (bicyclic) bond motifs is 1. The van der Waals surface area contributed by atoms with E-state index < -0.39 is 5.51 Å². The zero-order chi connectivity index (χ0) is 11.9. The first-order valence-electron chi connectivity index (χ1n) is 3.95. The van der Waals surface area contributed by atoms with Gasteiger partial charge in [0.15, 0.2) is 5.15 Å². The second kappa shape index (κ2) is 4.26. The zero-order valence-corrected chi connectivity index (χ0v) is 11.2. The number of halogens is 5. The van der Waals surface area contributed by atoms with Crippen LogP contribution < -0.4 is 0 Å². The molecule has 16 heavy (non-hydrogen) atoms. The van der Waals surface area contributed by atoms with Crippen molar-refractivity contribution in [3.8, 4) is 0 Å². The Bertz CT molecular complexity index is 540. The highest BCUT2D eigenvalue weighted by Gasteiger charge is 2.32. The highest BCUT2D eigenvalue weighted by atomic mass is 127. The maximum absolute atomic E-state index is 12.3. The smallest absolute Gasteiger partial charge is 0.306 e. The van der Waals surface area contributed by atoms with Gasteiger partial charge in [-0.3, -0.25) is 0 Å². The lowest BCUT2D eigenvalue weighted by atomic mass is 10.5. The normalized spacial score (nSPS) is 12.3. The highest BCUT2D eigenvalue weighted by Crippen LogP contribution is 2.40. The molecule has 2 aromatic rings. The predicted molar refractivity (Wildman–Crippen MR) is 64.8 cm³/mol. The molecule has 2 aromatic heterocycles. The first kappa shape index (κ1) is 12.3. The first-order valence-corrected chi connectivity index (χ1v) is 6.22. The van der Waals surface area contributed by atoms with Gasteiger partial charge in [-0.15, -0.1) is 0 Å². The molecule has 8 heteroatoms. The van der Waals surface area contributed by atoms with E-state index in [0.29, 0.717) is 9.09 Å². The molecule has 0 amide bonds. The van der Waals surface area contributed by atoms with Crippen molar-refractivity contribution in [1.29, 1.82) is 0 Å². The number of hydrogen-bond acceptors (Lipinski definition) is 2. The molecule has 0 radical (unpaired) electrons. The van der Waals surface area contributed by atoms with Crippen molar-refractivity contribution in [1.82, 2.24) is 9.38 Å². The molecule has 0 aliphatic rings. The molecule has 86 valence electrons. The summed E-state index contributed by atoms with van der Waals surface area (Å²) in [6.07, 6.45) is 2.82. The van der Waals surface area contributed by atoms with Crippen LogP contribution >= 0.6 is 46.0 Å². The van der Waals surface area contributed by atoms with Crippen molar-refractivity contribution in [3.05, 3.63) is 27.2 Å². The van der Waals surface area contributed by atoms with Crippen LogP contribution in [0.2, 0.25) is 5.15 Å². The Balaban J connectivity index is 2.61. The van der Waals surface area contributed by atoms with E-state index in [1.165, 1.54) is 16.8 Å². The molecule has 0 saturated heterocycles. The van der Waals surface area contributed by atoms with Crippen molar-refractivity contribution in [3.63, 3.8) is 0 Å². The fourth-order valence-electron chi connectivity index (χ4n) is 1.22. The quantitative estimate of drug-likeness (QED) is 0.546. The SMILES string of the molecule is FC(F)(F)Sc1c(I)cc2c(Cl)nccn12. The number of nitrogens with zero attached hydrogens (tertiary/aromatic N) is 2. The molecular formula is C8H3ClF3IN2S. The Hall–Kier alpha value is -0.150. The monoisotopic (exact) mass is 378 g/mol. The molecular weight excluding hydrogens is 376 g/mol. The van der Waals surface area contributed by atoms with Gasteiger partial charge in [0.25, 0.3) is 0 Å². The summed E-state index contributed by atoms with van der Waals surface area (Å²) in [4.78, 5) is 3.81. The maximum Gasteiger partial charge on any atom is 0.447 e. The minimum Gasteiger partial charge on any atom is -0.306 e. The van der Waals surface area contributed by atoms with Gasteiger partial charge in [0.2, 0.25) is 0 Å². The molecule has 0 aliphatic carbocycles. The van der Waals surface area contributed by atoms with Crippen LogP contribution in [-0.4, -0.2) is 14.9 Å². The van der Waals surface area contributed by atoms with Crippen LogP contribution in [-0.2, 0) is 0 Å². The van der Waals surface area contributed by atoms with Crippen LogP contribution in [0.5, 0.6) is 0 Å². The number of rotatable bonds is 1. The van der Waals surface area contributed by atoms with Crippen LogP contribution in [0.4, 0.5) is 13.2 Å². The van der Waals surface area contributed by atoms with Gasteiger partial charge in [-0.1, -0.05) is 11.6 Å². The summed E-state index contributed by atoms with van der Waals surface area (Å²) >= 11 is 7.47. The predicted octanol–water partition coefficient (Wildman–Crippen LogP) is 4.20. The topological polar surface area (TPSA) is 17.3 Å². The van der Waals surface area contributed by atoms with Crippen molar-refractivity contribution in [2.24, 2.45) is 0 Å². The molecule has 0 spiro atoms. The van der Waals surface area contributed by atoms with E-state index in [0.717, 1.165) is 0 Å². The molecule has 0 atom stereocenters. The summed E-state index contributed by atoms with van der Waals surface area (Å²) in [6.45, 7) is 0. The molecule has 0 unspecified atom stereocenters. The van der Waals surface area contributed by atoms with E-state index in [1.54, 1.807) is 6.07 Å². The Labute approximate surface area is 111 Å². The summed E-state index contributed by atoms with van der Waals surface area (Å²) in [6, 6.07) is 1.57. The average molecular weight is 379 g/mol. The zero-order valence-electron chi connectivity index (χ0n) is 7.42. The molecule has 2 rings (SSSR count). The Morgan fingerprint density at radius 3 is 2.75 bits per heavy atom. The number of alkyl halides is 3. The molecule has 0 saturated carbocycles. The standard InChI is InChI=1S/C8H3ClF3IN2S/c9-6-5-3-4(13)7(16-8(10,11)12)15(5)2-1-14-6/h1-3H. The van der Waals surface area contributed by atoms with Crippen LogP contribution in [0.15, 0.2) is 23.5 Å². The molecule has 0 bridgehead atoms. The molecule has 2 heterocycles. The van der Waals surface area contributed by atoms with Crippen LogP contribution in [0.25, 0.3) is 5.52 Å². The van der Waals surface area contributed by atoms with Gasteiger partial charge in [0.1, 0.15) is 5.03 Å². The second-order valence-electron chi connectivity index (χ2n) is 2.82. The fraction of sp³-hybridized carbons (Fsp3) is 0.125. The van der Waals surface area contributed by atoms with Gasteiger partial charge in [-0.2, -0.15) is 13.2 Å². The molecule has 0 fully saturated rings. The van der Waals surface area contributed by atoms with Crippen LogP contribution in [0, 0.1) is 3.57 Å². The largest absolute Gasteiger partial charge is 0.447 e. The van der Waals surface area contributed by atoms with E-state index >= 15 is 0 Å². The Morgan fingerprint density at radius 2 is 2.12 bits per heavy atom. The maximum atomic E-state index is 12.3. The third-order valence-electron chi connectivity index (χ3n) is 1.77. The van der Waals surface area contributed by atoms with E-state index in [9.17, 15) is 13.2 Å². The lowest BCUT2D eigenvalue weighted by Gasteiger charge is -2.06. The van der Waals surface area contributed by atoms with Crippen LogP contribution in [0.3, 0.4) is 0 Å². The highest BCUT2D eigenvalue weighted by molar-refractivity contribution is 14.1.